The van der Waals surface area contributed by atoms with Gasteiger partial charge in [-0.25, -0.2) is 0 Å². The van der Waals surface area contributed by atoms with Crippen LogP contribution in [0.5, 0.6) is 0 Å². The van der Waals surface area contributed by atoms with Gasteiger partial charge >= 0.3 is 0 Å². The molecule has 0 atom stereocenters. The molecule has 0 radical (unpaired) electrons. The summed E-state index contributed by atoms with van der Waals surface area (Å²) in [6.45, 7) is 2.68. The van der Waals surface area contributed by atoms with Crippen molar-refractivity contribution in [1.29, 1.82) is 0 Å². The third-order valence-electron chi connectivity index (χ3n) is 1.99. The molecule has 0 spiro atoms. The van der Waals surface area contributed by atoms with Crippen LogP contribution >= 0.6 is 0 Å². The molecule has 0 amide bonds. The molecule has 0 heterocycles. The highest BCUT2D eigenvalue weighted by Gasteiger charge is 2.08. The average molecular weight is 208 g/mol. The fourth-order valence-electron chi connectivity index (χ4n) is 1.21. The van der Waals surface area contributed by atoms with Gasteiger partial charge in [0, 0.05) is 6.07 Å². The average Bonchev–Trinajstić information content (AvgIpc) is 2.16. The lowest BCUT2D eigenvalue weighted by Crippen LogP contribution is -2.19. The Balaban J connectivity index is 3.72. The van der Waals surface area contributed by atoms with E-state index in [4.69, 9.17) is 0 Å². The Morgan fingerprint density at radius 1 is 1.40 bits per heavy atom. The smallest absolute Gasteiger partial charge is 0.280 e. The number of nitro groups is 1. The maximum absolute atomic E-state index is 11.0. The largest absolute Gasteiger partial charge is 0.875 e. The van der Waals surface area contributed by atoms with E-state index in [1.165, 1.54) is 26.0 Å². The SMILES string of the molecule is CC([O-])=c1ccc(=C(C)O)c([N+](=O)[O-])c1. The highest BCUT2D eigenvalue weighted by atomic mass is 16.6. The topological polar surface area (TPSA) is 86.4 Å². The van der Waals surface area contributed by atoms with Crippen LogP contribution in [0.15, 0.2) is 18.2 Å². The highest BCUT2D eigenvalue weighted by molar-refractivity contribution is 5.46. The van der Waals surface area contributed by atoms with Crippen LogP contribution in [0.4, 0.5) is 5.69 Å². The van der Waals surface area contributed by atoms with Crippen molar-refractivity contribution in [3.05, 3.63) is 38.8 Å². The van der Waals surface area contributed by atoms with Gasteiger partial charge < -0.3 is 10.2 Å². The van der Waals surface area contributed by atoms with Crippen molar-refractivity contribution in [3.8, 4) is 0 Å². The fraction of sp³-hybridized carbons (Fsp3) is 0.200. The van der Waals surface area contributed by atoms with E-state index in [-0.39, 0.29) is 27.6 Å². The maximum Gasteiger partial charge on any atom is 0.280 e. The number of benzene rings is 1. The Hall–Kier alpha value is -2.04. The Kier molecular flexibility index (Phi) is 2.94. The lowest BCUT2D eigenvalue weighted by molar-refractivity contribution is -0.386. The number of hydrogen-bond donors (Lipinski definition) is 1. The maximum atomic E-state index is 11.0. The zero-order valence-corrected chi connectivity index (χ0v) is 8.35. The van der Waals surface area contributed by atoms with E-state index in [9.17, 15) is 20.3 Å². The molecule has 0 unspecified atom stereocenters. The van der Waals surface area contributed by atoms with Gasteiger partial charge in [0.15, 0.2) is 0 Å². The second kappa shape index (κ2) is 4.00. The van der Waals surface area contributed by atoms with Crippen LogP contribution in [0, 0.1) is 10.1 Å². The van der Waals surface area contributed by atoms with Crippen LogP contribution < -0.4 is 15.5 Å². The van der Waals surface area contributed by atoms with Crippen molar-refractivity contribution < 1.29 is 15.1 Å². The van der Waals surface area contributed by atoms with Gasteiger partial charge in [0.25, 0.3) is 5.69 Å². The van der Waals surface area contributed by atoms with Gasteiger partial charge in [-0.2, -0.15) is 0 Å². The molecule has 1 N–H and O–H groups in total. The molecule has 0 saturated heterocycles. The minimum Gasteiger partial charge on any atom is -0.875 e. The first-order chi connectivity index (χ1) is 6.93. The molecule has 1 rings (SSSR count). The minimum atomic E-state index is -0.624. The number of non-ortho nitro benzene ring substituents is 1. The van der Waals surface area contributed by atoms with E-state index in [2.05, 4.69) is 0 Å². The van der Waals surface area contributed by atoms with Gasteiger partial charge in [-0.1, -0.05) is 13.0 Å². The monoisotopic (exact) mass is 208 g/mol. The second-order valence-corrected chi connectivity index (χ2v) is 3.13. The van der Waals surface area contributed by atoms with E-state index in [0.717, 1.165) is 6.07 Å². The third-order valence-corrected chi connectivity index (χ3v) is 1.99. The molecule has 0 aliphatic carbocycles. The van der Waals surface area contributed by atoms with Crippen LogP contribution in [0.2, 0.25) is 0 Å². The van der Waals surface area contributed by atoms with Crippen molar-refractivity contribution in [1.82, 2.24) is 0 Å². The molecule has 15 heavy (non-hydrogen) atoms. The number of hydrogen-bond acceptors (Lipinski definition) is 4. The molecular formula is C10H10NO4-. The van der Waals surface area contributed by atoms with Crippen LogP contribution in [0.3, 0.4) is 0 Å². The summed E-state index contributed by atoms with van der Waals surface area (Å²) < 4.78 is 0. The standard InChI is InChI=1S/C10H11NO4/c1-6(12)8-3-4-9(7(2)13)10(5-8)11(14)15/h3-5,12-13H,1-2H3/p-1. The quantitative estimate of drug-likeness (QED) is 0.510. The third kappa shape index (κ3) is 2.25. The van der Waals surface area contributed by atoms with E-state index in [1.54, 1.807) is 0 Å². The van der Waals surface area contributed by atoms with Gasteiger partial charge in [-0.3, -0.25) is 10.1 Å². The van der Waals surface area contributed by atoms with Gasteiger partial charge in [0.1, 0.15) is 5.76 Å². The number of aliphatic hydroxyl groups excluding tert-OH is 1. The van der Waals surface area contributed by atoms with Gasteiger partial charge in [0.2, 0.25) is 0 Å². The van der Waals surface area contributed by atoms with Crippen molar-refractivity contribution >= 4 is 17.2 Å². The summed E-state index contributed by atoms with van der Waals surface area (Å²) in [7, 11) is 0. The zero-order valence-electron chi connectivity index (χ0n) is 8.35. The lowest BCUT2D eigenvalue weighted by Gasteiger charge is -2.03. The van der Waals surface area contributed by atoms with Gasteiger partial charge in [-0.15, -0.1) is 5.76 Å². The predicted octanol–water partition coefficient (Wildman–Crippen LogP) is -0.231. The molecule has 0 saturated carbocycles. The molecule has 1 aromatic rings. The molecule has 0 aliphatic rings. The molecule has 0 aliphatic heterocycles. The van der Waals surface area contributed by atoms with Crippen molar-refractivity contribution in [3.63, 3.8) is 0 Å². The summed E-state index contributed by atoms with van der Waals surface area (Å²) in [6.07, 6.45) is 0. The first kappa shape index (κ1) is 11.0. The Morgan fingerprint density at radius 3 is 2.40 bits per heavy atom. The van der Waals surface area contributed by atoms with E-state index in [1.807, 2.05) is 0 Å². The van der Waals surface area contributed by atoms with E-state index >= 15 is 0 Å². The van der Waals surface area contributed by atoms with Crippen molar-refractivity contribution in [2.45, 2.75) is 13.8 Å². The van der Waals surface area contributed by atoms with Crippen LogP contribution in [-0.4, -0.2) is 10.0 Å². The van der Waals surface area contributed by atoms with E-state index < -0.39 is 4.92 Å². The Labute approximate surface area is 85.8 Å². The molecule has 1 aromatic carbocycles. The minimum absolute atomic E-state index is 0.130. The number of rotatable bonds is 1. The zero-order chi connectivity index (χ0) is 11.6. The normalized spacial score (nSPS) is 14.5. The highest BCUT2D eigenvalue weighted by Crippen LogP contribution is 2.01. The van der Waals surface area contributed by atoms with Crippen molar-refractivity contribution in [2.75, 3.05) is 0 Å². The number of aliphatic hydroxyl groups is 1. The molecule has 0 bridgehead atoms. The summed E-state index contributed by atoms with van der Waals surface area (Å²) in [5.41, 5.74) is -0.261. The summed E-state index contributed by atoms with van der Waals surface area (Å²) in [6, 6.07) is 3.98. The summed E-state index contributed by atoms with van der Waals surface area (Å²) >= 11 is 0. The van der Waals surface area contributed by atoms with Gasteiger partial charge in [-0.05, 0) is 18.2 Å². The Bertz CT molecular complexity index is 511. The fourth-order valence-corrected chi connectivity index (χ4v) is 1.21. The first-order valence-corrected chi connectivity index (χ1v) is 4.25. The molecule has 5 nitrogen and oxygen atoms in total. The molecule has 5 heteroatoms. The molecular weight excluding hydrogens is 198 g/mol. The van der Waals surface area contributed by atoms with E-state index in [0.29, 0.717) is 0 Å². The first-order valence-electron chi connectivity index (χ1n) is 4.25. The van der Waals surface area contributed by atoms with Crippen LogP contribution in [-0.2, 0) is 0 Å². The lowest BCUT2D eigenvalue weighted by atomic mass is 10.2. The number of nitro benzene ring substituents is 1. The second-order valence-electron chi connectivity index (χ2n) is 3.13. The summed E-state index contributed by atoms with van der Waals surface area (Å²) in [4.78, 5) is 10.0. The van der Waals surface area contributed by atoms with Crippen LogP contribution in [0.25, 0.3) is 11.5 Å². The predicted molar refractivity (Wildman–Crippen MR) is 53.1 cm³/mol. The van der Waals surface area contributed by atoms with Crippen LogP contribution in [0.1, 0.15) is 13.8 Å². The van der Waals surface area contributed by atoms with Gasteiger partial charge in [0.05, 0.1) is 10.1 Å². The molecule has 0 fully saturated rings. The molecule has 80 valence electrons. The summed E-state index contributed by atoms with van der Waals surface area (Å²) in [5.74, 6) is -0.392. The summed E-state index contributed by atoms with van der Waals surface area (Å²) in [5, 5.41) is 31.3. The molecule has 0 aromatic heterocycles. The Morgan fingerprint density at radius 2 is 2.00 bits per heavy atom. The number of nitrogens with zero attached hydrogens (tertiary/aromatic N) is 1. The van der Waals surface area contributed by atoms with Crippen molar-refractivity contribution in [2.24, 2.45) is 0 Å².